The molecule has 4 rings (SSSR count). The molecule has 23 heavy (non-hydrogen) atoms. The first-order valence-corrected chi connectivity index (χ1v) is 9.87. The van der Waals surface area contributed by atoms with Gasteiger partial charge in [-0.05, 0) is 50.1 Å². The number of thioether (sulfide) groups is 1. The number of halogens is 1. The Hall–Kier alpha value is -0.980. The second kappa shape index (κ2) is 6.15. The molecular formula is C17H20BrN3OS. The summed E-state index contributed by atoms with van der Waals surface area (Å²) in [5.41, 5.74) is 4.74. The summed E-state index contributed by atoms with van der Waals surface area (Å²) >= 11 is 5.51. The van der Waals surface area contributed by atoms with Crippen molar-refractivity contribution in [3.05, 3.63) is 35.0 Å². The van der Waals surface area contributed by atoms with Crippen molar-refractivity contribution >= 4 is 44.3 Å². The van der Waals surface area contributed by atoms with Crippen molar-refractivity contribution in [2.45, 2.75) is 43.6 Å². The fourth-order valence-electron chi connectivity index (χ4n) is 3.44. The fraction of sp³-hybridized carbons (Fsp3) is 0.471. The van der Waals surface area contributed by atoms with Gasteiger partial charge in [0.15, 0.2) is 6.23 Å². The molecular weight excluding hydrogens is 374 g/mol. The van der Waals surface area contributed by atoms with Crippen LogP contribution in [0.5, 0.6) is 0 Å². The first kappa shape index (κ1) is 15.5. The SMILES string of the molecule is Cc1ccc2c(c(C)nn2C2CCCCO2)c1N1C=CSC1Br. The topological polar surface area (TPSA) is 30.3 Å². The molecule has 1 aromatic heterocycles. The van der Waals surface area contributed by atoms with Crippen LogP contribution in [0.4, 0.5) is 5.69 Å². The maximum absolute atomic E-state index is 5.96. The van der Waals surface area contributed by atoms with Crippen LogP contribution >= 0.6 is 27.7 Å². The molecule has 6 heteroatoms. The summed E-state index contributed by atoms with van der Waals surface area (Å²) in [6.07, 6.45) is 5.61. The molecule has 1 aromatic carbocycles. The Morgan fingerprint density at radius 3 is 2.87 bits per heavy atom. The molecule has 3 heterocycles. The second-order valence-corrected chi connectivity index (χ2v) is 8.56. The van der Waals surface area contributed by atoms with E-state index in [4.69, 9.17) is 9.84 Å². The zero-order valence-electron chi connectivity index (χ0n) is 13.3. The lowest BCUT2D eigenvalue weighted by atomic mass is 10.1. The standard InChI is InChI=1S/C17H20BrN3OS/c1-11-6-7-13-15(16(11)20-8-10-23-17(20)18)12(2)19-21(13)14-5-3-4-9-22-14/h6-8,10,14,17H,3-5,9H2,1-2H3. The van der Waals surface area contributed by atoms with Gasteiger partial charge in [0, 0.05) is 18.2 Å². The average molecular weight is 394 g/mol. The summed E-state index contributed by atoms with van der Waals surface area (Å²) in [4.78, 5) is 2.28. The number of anilines is 1. The quantitative estimate of drug-likeness (QED) is 0.527. The molecule has 0 amide bonds. The number of nitrogens with zero attached hydrogens (tertiary/aromatic N) is 3. The predicted octanol–water partition coefficient (Wildman–Crippen LogP) is 5.06. The van der Waals surface area contributed by atoms with E-state index in [1.165, 1.54) is 28.6 Å². The summed E-state index contributed by atoms with van der Waals surface area (Å²) in [6, 6.07) is 4.37. The Labute approximate surface area is 149 Å². The average Bonchev–Trinajstić information content (AvgIpc) is 3.13. The summed E-state index contributed by atoms with van der Waals surface area (Å²) in [5, 5.41) is 8.19. The van der Waals surface area contributed by atoms with Crippen LogP contribution in [-0.4, -0.2) is 20.7 Å². The van der Waals surface area contributed by atoms with E-state index in [-0.39, 0.29) is 10.5 Å². The monoisotopic (exact) mass is 393 g/mol. The lowest BCUT2D eigenvalue weighted by Crippen LogP contribution is -2.20. The van der Waals surface area contributed by atoms with Crippen molar-refractivity contribution in [2.24, 2.45) is 0 Å². The number of ether oxygens (including phenoxy) is 1. The largest absolute Gasteiger partial charge is 0.356 e. The van der Waals surface area contributed by atoms with Gasteiger partial charge in [0.05, 0.1) is 16.9 Å². The second-order valence-electron chi connectivity index (χ2n) is 6.10. The minimum absolute atomic E-state index is 0.0683. The Morgan fingerprint density at radius 1 is 1.30 bits per heavy atom. The lowest BCUT2D eigenvalue weighted by molar-refractivity contribution is -0.0368. The smallest absolute Gasteiger partial charge is 0.150 e. The predicted molar refractivity (Wildman–Crippen MR) is 100.0 cm³/mol. The van der Waals surface area contributed by atoms with Crippen molar-refractivity contribution in [3.63, 3.8) is 0 Å². The maximum Gasteiger partial charge on any atom is 0.150 e. The molecule has 0 spiro atoms. The van der Waals surface area contributed by atoms with E-state index in [0.29, 0.717) is 0 Å². The molecule has 0 radical (unpaired) electrons. The number of rotatable bonds is 2. The van der Waals surface area contributed by atoms with Crippen molar-refractivity contribution < 1.29 is 4.74 Å². The molecule has 122 valence electrons. The van der Waals surface area contributed by atoms with Gasteiger partial charge in [-0.15, -0.1) is 0 Å². The van der Waals surface area contributed by atoms with Gasteiger partial charge in [-0.1, -0.05) is 33.8 Å². The highest BCUT2D eigenvalue weighted by atomic mass is 79.9. The molecule has 2 aliphatic heterocycles. The van der Waals surface area contributed by atoms with Gasteiger partial charge >= 0.3 is 0 Å². The molecule has 1 saturated heterocycles. The molecule has 0 aliphatic carbocycles. The van der Waals surface area contributed by atoms with Gasteiger partial charge in [0.2, 0.25) is 0 Å². The third-order valence-corrected chi connectivity index (χ3v) is 6.36. The fourth-order valence-corrected chi connectivity index (χ4v) is 4.79. The molecule has 2 unspecified atom stereocenters. The number of benzene rings is 1. The summed E-state index contributed by atoms with van der Waals surface area (Å²) in [7, 11) is 0. The zero-order chi connectivity index (χ0) is 16.0. The number of aryl methyl sites for hydroxylation is 2. The third kappa shape index (κ3) is 2.61. The van der Waals surface area contributed by atoms with Crippen molar-refractivity contribution in [3.8, 4) is 0 Å². The Kier molecular flexibility index (Phi) is 4.15. The van der Waals surface area contributed by atoms with Crippen LogP contribution in [0.15, 0.2) is 23.7 Å². The number of hydrogen-bond donors (Lipinski definition) is 0. The van der Waals surface area contributed by atoms with Gasteiger partial charge in [0.25, 0.3) is 0 Å². The first-order valence-electron chi connectivity index (χ1n) is 8.01. The molecule has 2 aromatic rings. The minimum Gasteiger partial charge on any atom is -0.356 e. The van der Waals surface area contributed by atoms with Crippen LogP contribution in [0.1, 0.15) is 36.7 Å². The Morgan fingerprint density at radius 2 is 2.17 bits per heavy atom. The first-order chi connectivity index (χ1) is 11.2. The Balaban J connectivity index is 1.88. The molecule has 4 nitrogen and oxygen atoms in total. The minimum atomic E-state index is 0.0683. The molecule has 1 fully saturated rings. The third-order valence-electron chi connectivity index (χ3n) is 4.54. The highest BCUT2D eigenvalue weighted by molar-refractivity contribution is 9.11. The van der Waals surface area contributed by atoms with Crippen molar-refractivity contribution in [1.82, 2.24) is 9.78 Å². The van der Waals surface area contributed by atoms with E-state index in [9.17, 15) is 0 Å². The zero-order valence-corrected chi connectivity index (χ0v) is 15.7. The van der Waals surface area contributed by atoms with E-state index < -0.39 is 0 Å². The normalized spacial score (nSPS) is 24.7. The summed E-state index contributed by atoms with van der Waals surface area (Å²) in [5.74, 6) is 0. The van der Waals surface area contributed by atoms with Crippen LogP contribution in [0.25, 0.3) is 10.9 Å². The van der Waals surface area contributed by atoms with E-state index in [1.807, 2.05) is 0 Å². The molecule has 2 atom stereocenters. The summed E-state index contributed by atoms with van der Waals surface area (Å²) in [6.45, 7) is 5.10. The van der Waals surface area contributed by atoms with Gasteiger partial charge in [-0.25, -0.2) is 4.68 Å². The number of alkyl halides is 1. The van der Waals surface area contributed by atoms with Crippen LogP contribution in [0.2, 0.25) is 0 Å². The number of aromatic nitrogens is 2. The highest BCUT2D eigenvalue weighted by Crippen LogP contribution is 2.41. The van der Waals surface area contributed by atoms with Gasteiger partial charge in [0.1, 0.15) is 4.28 Å². The molecule has 2 aliphatic rings. The van der Waals surface area contributed by atoms with E-state index in [2.05, 4.69) is 63.1 Å². The van der Waals surface area contributed by atoms with Gasteiger partial charge in [-0.2, -0.15) is 5.10 Å². The number of hydrogen-bond acceptors (Lipinski definition) is 4. The van der Waals surface area contributed by atoms with E-state index in [0.717, 1.165) is 25.1 Å². The molecule has 0 saturated carbocycles. The van der Waals surface area contributed by atoms with Crippen LogP contribution in [0.3, 0.4) is 0 Å². The Bertz CT molecular complexity index is 767. The van der Waals surface area contributed by atoms with E-state index in [1.54, 1.807) is 11.8 Å². The van der Waals surface area contributed by atoms with Crippen LogP contribution < -0.4 is 4.90 Å². The van der Waals surface area contributed by atoms with Crippen molar-refractivity contribution in [2.75, 3.05) is 11.5 Å². The van der Waals surface area contributed by atoms with Gasteiger partial charge in [-0.3, -0.25) is 0 Å². The van der Waals surface area contributed by atoms with Crippen LogP contribution in [-0.2, 0) is 4.74 Å². The van der Waals surface area contributed by atoms with E-state index >= 15 is 0 Å². The molecule has 0 bridgehead atoms. The van der Waals surface area contributed by atoms with Crippen molar-refractivity contribution in [1.29, 1.82) is 0 Å². The number of fused-ring (bicyclic) bond motifs is 1. The lowest BCUT2D eigenvalue weighted by Gasteiger charge is -2.25. The van der Waals surface area contributed by atoms with Gasteiger partial charge < -0.3 is 9.64 Å². The maximum atomic E-state index is 5.96. The van der Waals surface area contributed by atoms with Crippen LogP contribution in [0, 0.1) is 13.8 Å². The highest BCUT2D eigenvalue weighted by Gasteiger charge is 2.26. The molecule has 0 N–H and O–H groups in total. The summed E-state index contributed by atoms with van der Waals surface area (Å²) < 4.78 is 8.28.